The Hall–Kier alpha value is -3.55. The van der Waals surface area contributed by atoms with E-state index in [-0.39, 0.29) is 29.3 Å². The van der Waals surface area contributed by atoms with Crippen LogP contribution in [0.2, 0.25) is 0 Å². The number of pyridine rings is 2. The van der Waals surface area contributed by atoms with Crippen LogP contribution in [0.1, 0.15) is 15.9 Å². The number of rotatable bonds is 5. The van der Waals surface area contributed by atoms with Crippen molar-refractivity contribution in [1.29, 1.82) is 0 Å². The Morgan fingerprint density at radius 1 is 1.19 bits per heavy atom. The number of amides is 1. The highest BCUT2D eigenvalue weighted by molar-refractivity contribution is 5.93. The van der Waals surface area contributed by atoms with Gasteiger partial charge < -0.3 is 15.0 Å². The van der Waals surface area contributed by atoms with Crippen LogP contribution in [-0.2, 0) is 6.54 Å². The molecule has 3 rings (SSSR count). The minimum Gasteiger partial charge on any atom is -0.436 e. The minimum absolute atomic E-state index is 0.0595. The molecule has 0 spiro atoms. The van der Waals surface area contributed by atoms with Crippen LogP contribution in [-0.4, -0.2) is 15.9 Å². The molecular formula is C18H13F2N3O3. The van der Waals surface area contributed by atoms with E-state index < -0.39 is 17.5 Å². The van der Waals surface area contributed by atoms with Gasteiger partial charge in [0.2, 0.25) is 11.4 Å². The molecule has 0 aliphatic carbocycles. The zero-order valence-electron chi connectivity index (χ0n) is 13.3. The van der Waals surface area contributed by atoms with Gasteiger partial charge in [0.1, 0.15) is 5.82 Å². The lowest BCUT2D eigenvalue weighted by molar-refractivity contribution is 0.0950. The molecule has 0 fully saturated rings. The summed E-state index contributed by atoms with van der Waals surface area (Å²) in [6.07, 6.45) is 2.75. The highest BCUT2D eigenvalue weighted by atomic mass is 19.1. The van der Waals surface area contributed by atoms with Gasteiger partial charge in [0, 0.05) is 36.6 Å². The van der Waals surface area contributed by atoms with Crippen LogP contribution < -0.4 is 15.6 Å². The molecule has 0 bridgehead atoms. The van der Waals surface area contributed by atoms with E-state index in [1.54, 1.807) is 12.1 Å². The van der Waals surface area contributed by atoms with Gasteiger partial charge in [-0.15, -0.1) is 0 Å². The summed E-state index contributed by atoms with van der Waals surface area (Å²) in [5.74, 6) is -2.09. The Morgan fingerprint density at radius 3 is 2.77 bits per heavy atom. The first kappa shape index (κ1) is 17.3. The molecule has 0 saturated carbocycles. The van der Waals surface area contributed by atoms with Crippen molar-refractivity contribution >= 4 is 5.91 Å². The Balaban J connectivity index is 1.73. The van der Waals surface area contributed by atoms with Crippen molar-refractivity contribution in [2.24, 2.45) is 0 Å². The standard InChI is InChI=1S/C18H13F2N3O3/c19-13-4-5-15(14(20)8-13)26-18-12(2-1-7-21-18)10-23-17(25)11-3-6-16(24)22-9-11/h1-9H,10H2,(H,22,24)(H,23,25). The number of ether oxygens (including phenoxy) is 1. The van der Waals surface area contributed by atoms with E-state index >= 15 is 0 Å². The first-order valence-corrected chi connectivity index (χ1v) is 7.56. The second kappa shape index (κ2) is 7.56. The summed E-state index contributed by atoms with van der Waals surface area (Å²) < 4.78 is 32.1. The van der Waals surface area contributed by atoms with Gasteiger partial charge in [0.15, 0.2) is 11.6 Å². The Bertz CT molecular complexity index is 984. The SMILES string of the molecule is O=C(NCc1cccnc1Oc1ccc(F)cc1F)c1ccc(=O)[nH]c1. The third-order valence-corrected chi connectivity index (χ3v) is 3.44. The number of hydrogen-bond donors (Lipinski definition) is 2. The van der Waals surface area contributed by atoms with Crippen LogP contribution >= 0.6 is 0 Å². The number of benzene rings is 1. The lowest BCUT2D eigenvalue weighted by Crippen LogP contribution is -2.24. The predicted molar refractivity (Wildman–Crippen MR) is 88.9 cm³/mol. The zero-order valence-corrected chi connectivity index (χ0v) is 13.3. The molecule has 2 heterocycles. The van der Waals surface area contributed by atoms with E-state index in [1.165, 1.54) is 24.5 Å². The molecule has 8 heteroatoms. The number of carbonyl (C=O) groups excluding carboxylic acids is 1. The van der Waals surface area contributed by atoms with E-state index in [2.05, 4.69) is 15.3 Å². The fourth-order valence-corrected chi connectivity index (χ4v) is 2.14. The summed E-state index contributed by atoms with van der Waals surface area (Å²) in [4.78, 5) is 29.5. The van der Waals surface area contributed by atoms with E-state index in [4.69, 9.17) is 4.74 Å². The first-order valence-electron chi connectivity index (χ1n) is 7.56. The first-order chi connectivity index (χ1) is 12.5. The second-order valence-electron chi connectivity index (χ2n) is 5.27. The molecule has 0 saturated heterocycles. The summed E-state index contributed by atoms with van der Waals surface area (Å²) in [6, 6.07) is 8.84. The maximum atomic E-state index is 13.7. The highest BCUT2D eigenvalue weighted by Gasteiger charge is 2.12. The molecule has 0 aliphatic rings. The third-order valence-electron chi connectivity index (χ3n) is 3.44. The van der Waals surface area contributed by atoms with Gasteiger partial charge in [-0.2, -0.15) is 0 Å². The normalized spacial score (nSPS) is 10.4. The quantitative estimate of drug-likeness (QED) is 0.735. The highest BCUT2D eigenvalue weighted by Crippen LogP contribution is 2.26. The Labute approximate surface area is 146 Å². The number of aromatic amines is 1. The van der Waals surface area contributed by atoms with Gasteiger partial charge in [-0.1, -0.05) is 6.07 Å². The molecule has 0 unspecified atom stereocenters. The van der Waals surface area contributed by atoms with Crippen molar-refractivity contribution in [3.05, 3.63) is 88.0 Å². The Morgan fingerprint density at radius 2 is 2.04 bits per heavy atom. The number of aromatic nitrogens is 2. The molecule has 0 atom stereocenters. The smallest absolute Gasteiger partial charge is 0.253 e. The topological polar surface area (TPSA) is 84.1 Å². The summed E-state index contributed by atoms with van der Waals surface area (Å²) >= 11 is 0. The molecule has 0 aliphatic heterocycles. The maximum Gasteiger partial charge on any atom is 0.253 e. The van der Waals surface area contributed by atoms with Gasteiger partial charge in [-0.3, -0.25) is 9.59 Å². The van der Waals surface area contributed by atoms with Crippen molar-refractivity contribution < 1.29 is 18.3 Å². The largest absolute Gasteiger partial charge is 0.436 e. The lowest BCUT2D eigenvalue weighted by atomic mass is 10.2. The van der Waals surface area contributed by atoms with E-state index in [0.29, 0.717) is 11.6 Å². The number of hydrogen-bond acceptors (Lipinski definition) is 4. The van der Waals surface area contributed by atoms with Gasteiger partial charge in [-0.05, 0) is 24.3 Å². The molecule has 1 amide bonds. The summed E-state index contributed by atoms with van der Waals surface area (Å²) in [6.45, 7) is 0.0595. The van der Waals surface area contributed by atoms with Gasteiger partial charge in [0.05, 0.1) is 5.56 Å². The molecule has 2 aromatic heterocycles. The molecule has 132 valence electrons. The van der Waals surface area contributed by atoms with Crippen molar-refractivity contribution in [2.45, 2.75) is 6.54 Å². The Kier molecular flexibility index (Phi) is 5.02. The van der Waals surface area contributed by atoms with Crippen molar-refractivity contribution in [3.8, 4) is 11.6 Å². The van der Waals surface area contributed by atoms with E-state index in [0.717, 1.165) is 12.1 Å². The van der Waals surface area contributed by atoms with Crippen molar-refractivity contribution in [3.63, 3.8) is 0 Å². The average Bonchev–Trinajstić information content (AvgIpc) is 2.63. The molecule has 3 aromatic rings. The van der Waals surface area contributed by atoms with Crippen molar-refractivity contribution in [1.82, 2.24) is 15.3 Å². The number of nitrogens with zero attached hydrogens (tertiary/aromatic N) is 1. The summed E-state index contributed by atoms with van der Waals surface area (Å²) in [5, 5.41) is 2.65. The molecular weight excluding hydrogens is 344 g/mol. The maximum absolute atomic E-state index is 13.7. The molecule has 0 radical (unpaired) electrons. The van der Waals surface area contributed by atoms with Crippen LogP contribution in [0.5, 0.6) is 11.6 Å². The monoisotopic (exact) mass is 357 g/mol. The fourth-order valence-electron chi connectivity index (χ4n) is 2.14. The number of halogens is 2. The van der Waals surface area contributed by atoms with Gasteiger partial charge >= 0.3 is 0 Å². The number of carbonyl (C=O) groups is 1. The zero-order chi connectivity index (χ0) is 18.5. The van der Waals surface area contributed by atoms with Crippen molar-refractivity contribution in [2.75, 3.05) is 0 Å². The number of H-pyrrole nitrogens is 1. The van der Waals surface area contributed by atoms with Crippen LogP contribution in [0.4, 0.5) is 8.78 Å². The fraction of sp³-hybridized carbons (Fsp3) is 0.0556. The molecule has 6 nitrogen and oxygen atoms in total. The van der Waals surface area contributed by atoms with Crippen LogP contribution in [0.25, 0.3) is 0 Å². The summed E-state index contributed by atoms with van der Waals surface area (Å²) in [5.41, 5.74) is 0.459. The van der Waals surface area contributed by atoms with E-state index in [9.17, 15) is 18.4 Å². The third kappa shape index (κ3) is 4.10. The molecule has 26 heavy (non-hydrogen) atoms. The predicted octanol–water partition coefficient (Wildman–Crippen LogP) is 2.77. The lowest BCUT2D eigenvalue weighted by Gasteiger charge is -2.11. The van der Waals surface area contributed by atoms with Crippen LogP contribution in [0, 0.1) is 11.6 Å². The molecule has 1 aromatic carbocycles. The van der Waals surface area contributed by atoms with E-state index in [1.807, 2.05) is 0 Å². The summed E-state index contributed by atoms with van der Waals surface area (Å²) in [7, 11) is 0. The number of nitrogens with one attached hydrogen (secondary N) is 2. The average molecular weight is 357 g/mol. The molecule has 2 N–H and O–H groups in total. The van der Waals surface area contributed by atoms with Crippen LogP contribution in [0.3, 0.4) is 0 Å². The second-order valence-corrected chi connectivity index (χ2v) is 5.27. The van der Waals surface area contributed by atoms with Gasteiger partial charge in [-0.25, -0.2) is 13.8 Å². The minimum atomic E-state index is -0.862. The van der Waals surface area contributed by atoms with Gasteiger partial charge in [0.25, 0.3) is 5.91 Å². The van der Waals surface area contributed by atoms with Crippen LogP contribution in [0.15, 0.2) is 59.7 Å².